The van der Waals surface area contributed by atoms with Gasteiger partial charge in [0.05, 0.1) is 11.6 Å². The molecule has 0 aliphatic heterocycles. The molecule has 0 atom stereocenters. The Hall–Kier alpha value is -1.68. The quantitative estimate of drug-likeness (QED) is 0.869. The van der Waals surface area contributed by atoms with Crippen molar-refractivity contribution in [3.8, 4) is 0 Å². The third-order valence-corrected chi connectivity index (χ3v) is 4.23. The largest absolute Gasteiger partial charge is 0.393 e. The highest BCUT2D eigenvalue weighted by atomic mass is 19.1. The van der Waals surface area contributed by atoms with E-state index in [-0.39, 0.29) is 23.4 Å². The minimum atomic E-state index is -0.385. The van der Waals surface area contributed by atoms with Crippen LogP contribution < -0.4 is 5.43 Å². The first-order chi connectivity index (χ1) is 9.56. The standard InChI is InChI=1S/C16H18FNO2/c1-10-8-16(20)14-9-11(17)2-7-15(14)18(10)12-3-5-13(19)6-4-12/h2,7-9,12-13,19H,3-6H2,1H3. The van der Waals surface area contributed by atoms with Crippen molar-refractivity contribution in [2.24, 2.45) is 0 Å². The number of hydrogen-bond acceptors (Lipinski definition) is 2. The van der Waals surface area contributed by atoms with Gasteiger partial charge in [-0.3, -0.25) is 4.79 Å². The average molecular weight is 275 g/mol. The van der Waals surface area contributed by atoms with E-state index < -0.39 is 0 Å². The lowest BCUT2D eigenvalue weighted by molar-refractivity contribution is 0.111. The molecule has 1 aliphatic carbocycles. The van der Waals surface area contributed by atoms with Crippen LogP contribution in [0.2, 0.25) is 0 Å². The van der Waals surface area contributed by atoms with E-state index in [4.69, 9.17) is 0 Å². The Morgan fingerprint density at radius 2 is 1.90 bits per heavy atom. The lowest BCUT2D eigenvalue weighted by Crippen LogP contribution is -2.24. The van der Waals surface area contributed by atoms with Crippen molar-refractivity contribution in [3.05, 3.63) is 46.0 Å². The van der Waals surface area contributed by atoms with Gasteiger partial charge in [-0.2, -0.15) is 0 Å². The fourth-order valence-electron chi connectivity index (χ4n) is 3.24. The van der Waals surface area contributed by atoms with Crippen molar-refractivity contribution in [1.82, 2.24) is 4.57 Å². The normalized spacial score (nSPS) is 23.1. The van der Waals surface area contributed by atoms with Gasteiger partial charge in [0.1, 0.15) is 5.82 Å². The Kier molecular flexibility index (Phi) is 3.34. The van der Waals surface area contributed by atoms with Crippen LogP contribution in [0.3, 0.4) is 0 Å². The number of rotatable bonds is 1. The molecule has 1 heterocycles. The molecule has 1 aliphatic rings. The van der Waals surface area contributed by atoms with Crippen LogP contribution in [0.1, 0.15) is 37.4 Å². The maximum atomic E-state index is 13.4. The van der Waals surface area contributed by atoms with Gasteiger partial charge < -0.3 is 9.67 Å². The topological polar surface area (TPSA) is 42.2 Å². The van der Waals surface area contributed by atoms with Crippen LogP contribution in [-0.4, -0.2) is 15.8 Å². The van der Waals surface area contributed by atoms with E-state index >= 15 is 0 Å². The second kappa shape index (κ2) is 5.02. The summed E-state index contributed by atoms with van der Waals surface area (Å²) in [6.07, 6.45) is 3.11. The van der Waals surface area contributed by atoms with Gasteiger partial charge in [0.15, 0.2) is 5.43 Å². The van der Waals surface area contributed by atoms with Crippen molar-refractivity contribution >= 4 is 10.9 Å². The highest BCUT2D eigenvalue weighted by molar-refractivity contribution is 5.79. The molecule has 0 amide bonds. The van der Waals surface area contributed by atoms with E-state index in [1.807, 2.05) is 6.92 Å². The summed E-state index contributed by atoms with van der Waals surface area (Å²) in [4.78, 5) is 12.0. The van der Waals surface area contributed by atoms with Crippen LogP contribution in [0.5, 0.6) is 0 Å². The number of pyridine rings is 1. The molecule has 1 fully saturated rings. The molecule has 1 aromatic heterocycles. The summed E-state index contributed by atoms with van der Waals surface area (Å²) in [6.45, 7) is 1.91. The Labute approximate surface area is 116 Å². The molecule has 3 rings (SSSR count). The van der Waals surface area contributed by atoms with Crippen molar-refractivity contribution in [1.29, 1.82) is 0 Å². The van der Waals surface area contributed by atoms with E-state index in [1.165, 1.54) is 12.1 Å². The molecule has 1 saturated carbocycles. The molecule has 4 heteroatoms. The number of aromatic nitrogens is 1. The Morgan fingerprint density at radius 1 is 1.20 bits per heavy atom. The van der Waals surface area contributed by atoms with Crippen molar-refractivity contribution in [3.63, 3.8) is 0 Å². The van der Waals surface area contributed by atoms with E-state index in [0.717, 1.165) is 36.9 Å². The van der Waals surface area contributed by atoms with Crippen LogP contribution in [0.4, 0.5) is 4.39 Å². The van der Waals surface area contributed by atoms with Gasteiger partial charge in [-0.1, -0.05) is 0 Å². The SMILES string of the molecule is Cc1cc(=O)c2cc(F)ccc2n1C1CCC(O)CC1. The number of nitrogens with zero attached hydrogens (tertiary/aromatic N) is 1. The fourth-order valence-corrected chi connectivity index (χ4v) is 3.24. The van der Waals surface area contributed by atoms with Gasteiger partial charge in [-0.25, -0.2) is 4.39 Å². The first kappa shape index (κ1) is 13.3. The second-order valence-electron chi connectivity index (χ2n) is 5.64. The number of aryl methyl sites for hydroxylation is 1. The Balaban J connectivity index is 2.17. The summed E-state index contributed by atoms with van der Waals surface area (Å²) in [5.41, 5.74) is 1.55. The van der Waals surface area contributed by atoms with Gasteiger partial charge in [0.2, 0.25) is 0 Å². The highest BCUT2D eigenvalue weighted by Crippen LogP contribution is 2.31. The van der Waals surface area contributed by atoms with Crippen molar-refractivity contribution in [2.75, 3.05) is 0 Å². The van der Waals surface area contributed by atoms with E-state index in [2.05, 4.69) is 4.57 Å². The average Bonchev–Trinajstić information content (AvgIpc) is 2.41. The van der Waals surface area contributed by atoms with Crippen LogP contribution in [0, 0.1) is 12.7 Å². The maximum absolute atomic E-state index is 13.4. The number of aliphatic hydroxyl groups excluding tert-OH is 1. The maximum Gasteiger partial charge on any atom is 0.189 e. The monoisotopic (exact) mass is 275 g/mol. The van der Waals surface area contributed by atoms with Crippen LogP contribution in [-0.2, 0) is 0 Å². The molecule has 0 spiro atoms. The molecule has 106 valence electrons. The molecule has 0 unspecified atom stereocenters. The summed E-state index contributed by atoms with van der Waals surface area (Å²) < 4.78 is 15.5. The molecule has 0 radical (unpaired) electrons. The van der Waals surface area contributed by atoms with E-state index in [9.17, 15) is 14.3 Å². The molecule has 3 nitrogen and oxygen atoms in total. The second-order valence-corrected chi connectivity index (χ2v) is 5.64. The van der Waals surface area contributed by atoms with Gasteiger partial charge in [0.25, 0.3) is 0 Å². The van der Waals surface area contributed by atoms with E-state index in [0.29, 0.717) is 5.39 Å². The zero-order chi connectivity index (χ0) is 14.3. The Bertz CT molecular complexity index is 699. The minimum absolute atomic E-state index is 0.135. The van der Waals surface area contributed by atoms with Crippen molar-refractivity contribution in [2.45, 2.75) is 44.8 Å². The number of halogens is 1. The number of fused-ring (bicyclic) bond motifs is 1. The summed E-state index contributed by atoms with van der Waals surface area (Å²) in [6, 6.07) is 6.24. The molecule has 0 bridgehead atoms. The lowest BCUT2D eigenvalue weighted by atomic mass is 9.92. The zero-order valence-corrected chi connectivity index (χ0v) is 11.5. The fraction of sp³-hybridized carbons (Fsp3) is 0.438. The van der Waals surface area contributed by atoms with Gasteiger partial charge >= 0.3 is 0 Å². The minimum Gasteiger partial charge on any atom is -0.393 e. The number of hydrogen-bond donors (Lipinski definition) is 1. The van der Waals surface area contributed by atoms with Crippen LogP contribution in [0.25, 0.3) is 10.9 Å². The smallest absolute Gasteiger partial charge is 0.189 e. The summed E-state index contributed by atoms with van der Waals surface area (Å²) >= 11 is 0. The van der Waals surface area contributed by atoms with Gasteiger partial charge in [0, 0.05) is 23.2 Å². The molecular weight excluding hydrogens is 257 g/mol. The number of benzene rings is 1. The summed E-state index contributed by atoms with van der Waals surface area (Å²) in [5, 5.41) is 10.1. The first-order valence-corrected chi connectivity index (χ1v) is 7.06. The summed E-state index contributed by atoms with van der Waals surface area (Å²) in [5.74, 6) is -0.385. The molecule has 1 N–H and O–H groups in total. The first-order valence-electron chi connectivity index (χ1n) is 7.06. The molecule has 20 heavy (non-hydrogen) atoms. The molecule has 2 aromatic rings. The van der Waals surface area contributed by atoms with E-state index in [1.54, 1.807) is 12.1 Å². The predicted molar refractivity (Wildman–Crippen MR) is 76.4 cm³/mol. The van der Waals surface area contributed by atoms with Gasteiger partial charge in [-0.05, 0) is 50.8 Å². The molecule has 1 aromatic carbocycles. The van der Waals surface area contributed by atoms with Crippen LogP contribution >= 0.6 is 0 Å². The van der Waals surface area contributed by atoms with Gasteiger partial charge in [-0.15, -0.1) is 0 Å². The zero-order valence-electron chi connectivity index (χ0n) is 11.5. The van der Waals surface area contributed by atoms with Crippen LogP contribution in [0.15, 0.2) is 29.1 Å². The predicted octanol–water partition coefficient (Wildman–Crippen LogP) is 2.93. The third kappa shape index (κ3) is 2.24. The third-order valence-electron chi connectivity index (χ3n) is 4.23. The number of aliphatic hydroxyl groups is 1. The lowest BCUT2D eigenvalue weighted by Gasteiger charge is -2.30. The highest BCUT2D eigenvalue weighted by Gasteiger charge is 2.22. The Morgan fingerprint density at radius 3 is 2.60 bits per heavy atom. The molecule has 0 saturated heterocycles. The van der Waals surface area contributed by atoms with Crippen molar-refractivity contribution < 1.29 is 9.50 Å². The summed E-state index contributed by atoms with van der Waals surface area (Å²) in [7, 11) is 0. The molecular formula is C16H18FNO2.